The van der Waals surface area contributed by atoms with Crippen molar-refractivity contribution < 1.29 is 0 Å². The van der Waals surface area contributed by atoms with Crippen LogP contribution in [0.25, 0.3) is 22.3 Å². The molecule has 130 valence electrons. The molecule has 0 bridgehead atoms. The van der Waals surface area contributed by atoms with Gasteiger partial charge in [0.2, 0.25) is 0 Å². The predicted octanol–water partition coefficient (Wildman–Crippen LogP) is 4.74. The third-order valence-electron chi connectivity index (χ3n) is 3.77. The summed E-state index contributed by atoms with van der Waals surface area (Å²) in [6, 6.07) is 12.0. The Labute approximate surface area is 160 Å². The number of nitrogens with one attached hydrogen (secondary N) is 1. The molecule has 0 saturated carbocycles. The third kappa shape index (κ3) is 4.00. The summed E-state index contributed by atoms with van der Waals surface area (Å²) < 4.78 is 1.12. The van der Waals surface area contributed by atoms with E-state index >= 15 is 0 Å². The number of nitrogens with zero attached hydrogens (tertiary/aromatic N) is 4. The normalized spacial score (nSPS) is 10.9. The van der Waals surface area contributed by atoms with Gasteiger partial charge in [-0.05, 0) is 30.7 Å². The van der Waals surface area contributed by atoms with E-state index < -0.39 is 0 Å². The average molecular weight is 380 g/mol. The third-order valence-corrected chi connectivity index (χ3v) is 5.82. The van der Waals surface area contributed by atoms with Crippen LogP contribution in [-0.2, 0) is 0 Å². The molecule has 0 atom stereocenters. The van der Waals surface area contributed by atoms with Crippen LogP contribution in [0.1, 0.15) is 6.42 Å². The maximum Gasteiger partial charge on any atom is 0.163 e. The standard InChI is InChI=1S/C19H17N5S2/c1-2-7-16-15(6-1)18(21-9-4-11-25-19-22-10-12-26-19)24-17(23-16)14-5-3-8-20-13-14/h1-3,5-8,10,12-13H,4,9,11H2,(H,21,23,24). The van der Waals surface area contributed by atoms with Gasteiger partial charge in [0.05, 0.1) is 5.52 Å². The Morgan fingerprint density at radius 2 is 2.00 bits per heavy atom. The Bertz CT molecular complexity index is 974. The summed E-state index contributed by atoms with van der Waals surface area (Å²) in [7, 11) is 0. The maximum atomic E-state index is 4.74. The highest BCUT2D eigenvalue weighted by molar-refractivity contribution is 8.00. The van der Waals surface area contributed by atoms with Crippen molar-refractivity contribution >= 4 is 39.8 Å². The van der Waals surface area contributed by atoms with E-state index in [9.17, 15) is 0 Å². The monoisotopic (exact) mass is 379 g/mol. The van der Waals surface area contributed by atoms with Crippen molar-refractivity contribution in [1.29, 1.82) is 0 Å². The summed E-state index contributed by atoms with van der Waals surface area (Å²) in [5, 5.41) is 6.52. The number of benzene rings is 1. The van der Waals surface area contributed by atoms with Gasteiger partial charge in [-0.1, -0.05) is 23.9 Å². The molecule has 4 rings (SSSR count). The second kappa shape index (κ2) is 8.25. The molecule has 5 nitrogen and oxygen atoms in total. The van der Waals surface area contributed by atoms with Crippen LogP contribution in [-0.4, -0.2) is 32.2 Å². The lowest BCUT2D eigenvalue weighted by Gasteiger charge is -2.10. The van der Waals surface area contributed by atoms with Gasteiger partial charge in [-0.15, -0.1) is 11.3 Å². The minimum Gasteiger partial charge on any atom is -0.369 e. The highest BCUT2D eigenvalue weighted by Gasteiger charge is 2.09. The van der Waals surface area contributed by atoms with Crippen molar-refractivity contribution in [2.24, 2.45) is 0 Å². The second-order valence-electron chi connectivity index (χ2n) is 5.58. The molecule has 0 aliphatic heterocycles. The van der Waals surface area contributed by atoms with Crippen LogP contribution in [0.2, 0.25) is 0 Å². The SMILES string of the molecule is c1cncc(-c2nc(NCCCSc3nccs3)c3ccccc3n2)c1. The molecule has 0 fully saturated rings. The van der Waals surface area contributed by atoms with Crippen molar-refractivity contribution in [3.8, 4) is 11.4 Å². The number of anilines is 1. The van der Waals surface area contributed by atoms with Crippen LogP contribution in [0.15, 0.2) is 64.7 Å². The molecule has 0 saturated heterocycles. The summed E-state index contributed by atoms with van der Waals surface area (Å²) in [5.74, 6) is 2.59. The molecule has 0 spiro atoms. The number of thiazole rings is 1. The second-order valence-corrected chi connectivity index (χ2v) is 7.82. The molecule has 26 heavy (non-hydrogen) atoms. The van der Waals surface area contributed by atoms with E-state index in [0.717, 1.165) is 45.3 Å². The van der Waals surface area contributed by atoms with Crippen molar-refractivity contribution in [1.82, 2.24) is 19.9 Å². The fraction of sp³-hybridized carbons (Fsp3) is 0.158. The van der Waals surface area contributed by atoms with Gasteiger partial charge in [-0.25, -0.2) is 15.0 Å². The van der Waals surface area contributed by atoms with E-state index in [1.165, 1.54) is 0 Å². The summed E-state index contributed by atoms with van der Waals surface area (Å²) >= 11 is 3.48. The van der Waals surface area contributed by atoms with E-state index in [4.69, 9.17) is 4.98 Å². The molecular weight excluding hydrogens is 362 g/mol. The lowest BCUT2D eigenvalue weighted by molar-refractivity contribution is 0.980. The van der Waals surface area contributed by atoms with Gasteiger partial charge in [0.25, 0.3) is 0 Å². The topological polar surface area (TPSA) is 63.6 Å². The highest BCUT2D eigenvalue weighted by atomic mass is 32.2. The van der Waals surface area contributed by atoms with Crippen molar-refractivity contribution in [3.05, 3.63) is 60.4 Å². The first-order chi connectivity index (χ1) is 12.9. The molecule has 0 aliphatic carbocycles. The summed E-state index contributed by atoms with van der Waals surface area (Å²) in [6.07, 6.45) is 6.42. The minimum atomic E-state index is 0.691. The van der Waals surface area contributed by atoms with Crippen molar-refractivity contribution in [2.75, 3.05) is 17.6 Å². The van der Waals surface area contributed by atoms with Crippen LogP contribution in [0, 0.1) is 0 Å². The number of rotatable bonds is 7. The Hall–Kier alpha value is -2.51. The van der Waals surface area contributed by atoms with E-state index in [2.05, 4.69) is 26.3 Å². The Morgan fingerprint density at radius 3 is 2.85 bits per heavy atom. The van der Waals surface area contributed by atoms with Gasteiger partial charge in [0.1, 0.15) is 10.2 Å². The molecule has 1 N–H and O–H groups in total. The number of aromatic nitrogens is 4. The van der Waals surface area contributed by atoms with Gasteiger partial charge in [0.15, 0.2) is 5.82 Å². The number of para-hydroxylation sites is 1. The molecule has 0 aliphatic rings. The molecular formula is C19H17N5S2. The quantitative estimate of drug-likeness (QED) is 0.369. The first-order valence-electron chi connectivity index (χ1n) is 8.33. The minimum absolute atomic E-state index is 0.691. The molecule has 3 heterocycles. The van der Waals surface area contributed by atoms with Gasteiger partial charge in [-0.3, -0.25) is 4.98 Å². The van der Waals surface area contributed by atoms with Crippen molar-refractivity contribution in [3.63, 3.8) is 0 Å². The number of fused-ring (bicyclic) bond motifs is 1. The fourth-order valence-electron chi connectivity index (χ4n) is 2.56. The number of hydrogen-bond donors (Lipinski definition) is 1. The van der Waals surface area contributed by atoms with Crippen molar-refractivity contribution in [2.45, 2.75) is 10.8 Å². The average Bonchev–Trinajstić information content (AvgIpc) is 3.21. The lowest BCUT2D eigenvalue weighted by Crippen LogP contribution is -2.06. The molecule has 0 amide bonds. The summed E-state index contributed by atoms with van der Waals surface area (Å²) in [6.45, 7) is 0.853. The summed E-state index contributed by atoms with van der Waals surface area (Å²) in [4.78, 5) is 17.9. The predicted molar refractivity (Wildman–Crippen MR) is 109 cm³/mol. The zero-order valence-electron chi connectivity index (χ0n) is 14.0. The van der Waals surface area contributed by atoms with E-state index in [-0.39, 0.29) is 0 Å². The zero-order chi connectivity index (χ0) is 17.6. The number of hydrogen-bond acceptors (Lipinski definition) is 7. The molecule has 4 aromatic rings. The smallest absolute Gasteiger partial charge is 0.163 e. The first-order valence-corrected chi connectivity index (χ1v) is 10.2. The van der Waals surface area contributed by atoms with Crippen LogP contribution in [0.3, 0.4) is 0 Å². The summed E-state index contributed by atoms with van der Waals surface area (Å²) in [5.41, 5.74) is 1.85. The Kier molecular flexibility index (Phi) is 5.37. The van der Waals surface area contributed by atoms with Gasteiger partial charge >= 0.3 is 0 Å². The molecule has 7 heteroatoms. The molecule has 0 radical (unpaired) electrons. The molecule has 1 aromatic carbocycles. The van der Waals surface area contributed by atoms with Crippen LogP contribution in [0.4, 0.5) is 5.82 Å². The van der Waals surface area contributed by atoms with E-state index in [1.807, 2.05) is 41.9 Å². The maximum absolute atomic E-state index is 4.74. The fourth-order valence-corrected chi connectivity index (χ4v) is 4.20. The van der Waals surface area contributed by atoms with Gasteiger partial charge < -0.3 is 5.32 Å². The largest absolute Gasteiger partial charge is 0.369 e. The van der Waals surface area contributed by atoms with Crippen LogP contribution in [0.5, 0.6) is 0 Å². The van der Waals surface area contributed by atoms with Crippen LogP contribution < -0.4 is 5.32 Å². The van der Waals surface area contributed by atoms with E-state index in [0.29, 0.717) is 5.82 Å². The molecule has 0 unspecified atom stereocenters. The highest BCUT2D eigenvalue weighted by Crippen LogP contribution is 2.25. The van der Waals surface area contributed by atoms with Crippen LogP contribution >= 0.6 is 23.1 Å². The Balaban J connectivity index is 1.49. The Morgan fingerprint density at radius 1 is 1.04 bits per heavy atom. The van der Waals surface area contributed by atoms with E-state index in [1.54, 1.807) is 35.5 Å². The number of thioether (sulfide) groups is 1. The molecule has 3 aromatic heterocycles. The number of pyridine rings is 1. The van der Waals surface area contributed by atoms with Gasteiger partial charge in [0, 0.05) is 47.2 Å². The lowest BCUT2D eigenvalue weighted by atomic mass is 10.2. The van der Waals surface area contributed by atoms with Gasteiger partial charge in [-0.2, -0.15) is 0 Å². The first kappa shape index (κ1) is 16.9. The zero-order valence-corrected chi connectivity index (χ0v) is 15.6.